The van der Waals surface area contributed by atoms with E-state index in [2.05, 4.69) is 41.1 Å². The number of hydrogen-bond donors (Lipinski definition) is 2. The second-order valence-electron chi connectivity index (χ2n) is 6.72. The van der Waals surface area contributed by atoms with Gasteiger partial charge in [-0.3, -0.25) is 0 Å². The molecule has 136 valence electrons. The fourth-order valence-electron chi connectivity index (χ4n) is 3.61. The lowest BCUT2D eigenvalue weighted by molar-refractivity contribution is 0.248. The zero-order chi connectivity index (χ0) is 19.0. The van der Waals surface area contributed by atoms with Gasteiger partial charge in [-0.05, 0) is 36.8 Å². The maximum atomic E-state index is 9.67. The Labute approximate surface area is 157 Å². The van der Waals surface area contributed by atoms with Gasteiger partial charge in [0.1, 0.15) is 35.6 Å². The molecule has 0 radical (unpaired) electrons. The minimum atomic E-state index is -0.194. The van der Waals surface area contributed by atoms with Crippen molar-refractivity contribution in [1.29, 1.82) is 5.26 Å². The van der Waals surface area contributed by atoms with Crippen LogP contribution in [-0.4, -0.2) is 16.6 Å². The van der Waals surface area contributed by atoms with Gasteiger partial charge in [-0.25, -0.2) is 4.98 Å². The number of benzene rings is 1. The first-order chi connectivity index (χ1) is 13.1. The number of rotatable bonds is 3. The number of aliphatic hydroxyl groups is 1. The normalized spacial score (nSPS) is 13.3. The quantitative estimate of drug-likeness (QED) is 0.744. The lowest BCUT2D eigenvalue weighted by Crippen LogP contribution is -2.32. The highest BCUT2D eigenvalue weighted by atomic mass is 16.4. The van der Waals surface area contributed by atoms with Gasteiger partial charge in [-0.2, -0.15) is 5.26 Å². The van der Waals surface area contributed by atoms with Crippen molar-refractivity contribution in [2.75, 3.05) is 17.2 Å². The van der Waals surface area contributed by atoms with E-state index in [1.807, 2.05) is 6.07 Å². The monoisotopic (exact) mass is 360 g/mol. The number of nitriles is 1. The minimum absolute atomic E-state index is 0.194. The fraction of sp³-hybridized carbons (Fsp3) is 0.238. The molecule has 1 aliphatic rings. The Morgan fingerprint density at radius 3 is 2.89 bits per heavy atom. The second-order valence-corrected chi connectivity index (χ2v) is 6.72. The molecule has 0 fully saturated rings. The van der Waals surface area contributed by atoms with E-state index in [-0.39, 0.29) is 12.4 Å². The Morgan fingerprint density at radius 1 is 1.33 bits per heavy atom. The molecule has 2 aromatic heterocycles. The molecule has 3 aromatic rings. The second kappa shape index (κ2) is 6.78. The Bertz CT molecular complexity index is 1050. The largest absolute Gasteiger partial charge is 0.459 e. The maximum absolute atomic E-state index is 9.67. The van der Waals surface area contributed by atoms with E-state index in [4.69, 9.17) is 10.2 Å². The van der Waals surface area contributed by atoms with E-state index >= 15 is 0 Å². The van der Waals surface area contributed by atoms with Crippen molar-refractivity contribution in [3.8, 4) is 17.4 Å². The summed E-state index contributed by atoms with van der Waals surface area (Å²) in [5, 5.41) is 19.0. The van der Waals surface area contributed by atoms with Crippen LogP contribution in [0.3, 0.4) is 0 Å². The maximum Gasteiger partial charge on any atom is 0.142 e. The molecule has 6 nitrogen and oxygen atoms in total. The number of fused-ring (bicyclic) bond motifs is 1. The summed E-state index contributed by atoms with van der Waals surface area (Å²) >= 11 is 0. The summed E-state index contributed by atoms with van der Waals surface area (Å²) in [5.74, 6) is 1.20. The van der Waals surface area contributed by atoms with Crippen molar-refractivity contribution in [3.63, 3.8) is 0 Å². The van der Waals surface area contributed by atoms with Crippen molar-refractivity contribution in [3.05, 3.63) is 64.5 Å². The molecule has 0 atom stereocenters. The lowest BCUT2D eigenvalue weighted by atomic mass is 9.94. The number of anilines is 2. The number of nitrogen functional groups attached to an aromatic ring is 1. The first kappa shape index (κ1) is 17.1. The highest BCUT2D eigenvalue weighted by Gasteiger charge is 2.27. The predicted molar refractivity (Wildman–Crippen MR) is 103 cm³/mol. The third-order valence-corrected chi connectivity index (χ3v) is 4.92. The molecule has 0 aliphatic carbocycles. The molecule has 6 heteroatoms. The summed E-state index contributed by atoms with van der Waals surface area (Å²) in [6.45, 7) is 3.32. The minimum Gasteiger partial charge on any atom is -0.459 e. The molecule has 27 heavy (non-hydrogen) atoms. The number of aliphatic hydroxyl groups excluding tert-OH is 1. The number of furan rings is 1. The van der Waals surface area contributed by atoms with E-state index in [1.54, 1.807) is 12.1 Å². The van der Waals surface area contributed by atoms with Gasteiger partial charge < -0.3 is 20.2 Å². The topological polar surface area (TPSA) is 99.3 Å². The first-order valence-electron chi connectivity index (χ1n) is 8.83. The summed E-state index contributed by atoms with van der Waals surface area (Å²) in [7, 11) is 0. The van der Waals surface area contributed by atoms with E-state index in [9.17, 15) is 10.4 Å². The molecule has 3 N–H and O–H groups in total. The summed E-state index contributed by atoms with van der Waals surface area (Å²) in [5.41, 5.74) is 11.2. The smallest absolute Gasteiger partial charge is 0.142 e. The van der Waals surface area contributed by atoms with Gasteiger partial charge in [-0.15, -0.1) is 0 Å². The third kappa shape index (κ3) is 3.03. The third-order valence-electron chi connectivity index (χ3n) is 4.92. The summed E-state index contributed by atoms with van der Waals surface area (Å²) in [6.07, 6.45) is 0.736. The fourth-order valence-corrected chi connectivity index (χ4v) is 3.61. The van der Waals surface area contributed by atoms with Crippen molar-refractivity contribution in [2.24, 2.45) is 0 Å². The van der Waals surface area contributed by atoms with Crippen LogP contribution in [0.4, 0.5) is 11.5 Å². The van der Waals surface area contributed by atoms with Crippen LogP contribution in [0, 0.1) is 18.3 Å². The molecular weight excluding hydrogens is 340 g/mol. The van der Waals surface area contributed by atoms with Crippen molar-refractivity contribution >= 4 is 11.5 Å². The van der Waals surface area contributed by atoms with Crippen LogP contribution >= 0.6 is 0 Å². The van der Waals surface area contributed by atoms with Crippen molar-refractivity contribution < 1.29 is 9.52 Å². The summed E-state index contributed by atoms with van der Waals surface area (Å²) in [6, 6.07) is 14.0. The first-order valence-corrected chi connectivity index (χ1v) is 8.83. The van der Waals surface area contributed by atoms with E-state index in [0.717, 1.165) is 29.9 Å². The van der Waals surface area contributed by atoms with Gasteiger partial charge in [0.05, 0.1) is 5.69 Å². The molecule has 0 saturated heterocycles. The van der Waals surface area contributed by atoms with Crippen LogP contribution in [0.5, 0.6) is 0 Å². The molecule has 0 saturated carbocycles. The number of aromatic nitrogens is 1. The van der Waals surface area contributed by atoms with Crippen molar-refractivity contribution in [2.45, 2.75) is 26.5 Å². The molecule has 0 unspecified atom stereocenters. The molecule has 0 spiro atoms. The number of aryl methyl sites for hydroxylation is 1. The number of hydrogen-bond acceptors (Lipinski definition) is 6. The van der Waals surface area contributed by atoms with Crippen LogP contribution in [-0.2, 0) is 19.6 Å². The van der Waals surface area contributed by atoms with E-state index in [0.29, 0.717) is 29.2 Å². The summed E-state index contributed by atoms with van der Waals surface area (Å²) in [4.78, 5) is 6.75. The molecular formula is C21H20N4O2. The van der Waals surface area contributed by atoms with Gasteiger partial charge in [0.25, 0.3) is 0 Å². The van der Waals surface area contributed by atoms with Crippen LogP contribution < -0.4 is 10.6 Å². The SMILES string of the molecule is Cc1cccc(N2CCc3nc(N)c(C#N)c(-c4ccc(CO)o4)c3C2)c1. The van der Waals surface area contributed by atoms with Crippen LogP contribution in [0.2, 0.25) is 0 Å². The Balaban J connectivity index is 1.85. The van der Waals surface area contributed by atoms with Crippen LogP contribution in [0.25, 0.3) is 11.3 Å². The van der Waals surface area contributed by atoms with Gasteiger partial charge in [0, 0.05) is 36.3 Å². The van der Waals surface area contributed by atoms with Crippen LogP contribution in [0.15, 0.2) is 40.8 Å². The molecule has 0 amide bonds. The molecule has 1 aliphatic heterocycles. The van der Waals surface area contributed by atoms with Crippen LogP contribution in [0.1, 0.15) is 28.1 Å². The molecule has 0 bridgehead atoms. The zero-order valence-corrected chi connectivity index (χ0v) is 15.1. The molecule has 1 aromatic carbocycles. The average Bonchev–Trinajstić information content (AvgIpc) is 3.15. The van der Waals surface area contributed by atoms with Gasteiger partial charge in [0.15, 0.2) is 0 Å². The highest BCUT2D eigenvalue weighted by Crippen LogP contribution is 2.37. The van der Waals surface area contributed by atoms with E-state index < -0.39 is 0 Å². The standard InChI is InChI=1S/C21H20N4O2/c1-13-3-2-4-14(9-13)25-8-7-18-17(11-25)20(16(10-22)21(23)24-18)19-6-5-15(12-26)27-19/h2-6,9,26H,7-8,11-12H2,1H3,(H2,23,24). The van der Waals surface area contributed by atoms with Crippen molar-refractivity contribution in [1.82, 2.24) is 4.98 Å². The highest BCUT2D eigenvalue weighted by molar-refractivity contribution is 5.77. The Hall–Kier alpha value is -3.30. The van der Waals surface area contributed by atoms with Gasteiger partial charge >= 0.3 is 0 Å². The number of nitrogens with two attached hydrogens (primary N) is 1. The Morgan fingerprint density at radius 2 is 2.19 bits per heavy atom. The predicted octanol–water partition coefficient (Wildman–Crippen LogP) is 3.16. The molecule has 4 rings (SSSR count). The van der Waals surface area contributed by atoms with E-state index in [1.165, 1.54) is 5.56 Å². The van der Waals surface area contributed by atoms with Gasteiger partial charge in [0.2, 0.25) is 0 Å². The Kier molecular flexibility index (Phi) is 4.30. The summed E-state index contributed by atoms with van der Waals surface area (Å²) < 4.78 is 5.74. The number of pyridine rings is 1. The average molecular weight is 360 g/mol. The lowest BCUT2D eigenvalue weighted by Gasteiger charge is -2.32. The van der Waals surface area contributed by atoms with Gasteiger partial charge in [-0.1, -0.05) is 12.1 Å². The molecule has 3 heterocycles. The number of nitrogens with zero attached hydrogens (tertiary/aromatic N) is 3. The zero-order valence-electron chi connectivity index (χ0n) is 15.1.